The van der Waals surface area contributed by atoms with Gasteiger partial charge in [0.15, 0.2) is 5.96 Å². The van der Waals surface area contributed by atoms with Crippen molar-refractivity contribution in [1.82, 2.24) is 0 Å². The lowest BCUT2D eigenvalue weighted by Gasteiger charge is -2.01. The zero-order valence-electron chi connectivity index (χ0n) is 10.3. The Morgan fingerprint density at radius 3 is 2.63 bits per heavy atom. The van der Waals surface area contributed by atoms with Crippen molar-refractivity contribution in [2.45, 2.75) is 6.92 Å². The molecule has 0 saturated heterocycles. The van der Waals surface area contributed by atoms with Crippen LogP contribution in [0.3, 0.4) is 0 Å². The van der Waals surface area contributed by atoms with Crippen LogP contribution in [0.25, 0.3) is 11.0 Å². The lowest BCUT2D eigenvalue weighted by Crippen LogP contribution is -2.26. The summed E-state index contributed by atoms with van der Waals surface area (Å²) in [7, 11) is 0. The smallest absolute Gasteiger partial charge is 0.336 e. The molecule has 7 heteroatoms. The first-order chi connectivity index (χ1) is 8.95. The molecule has 7 nitrogen and oxygen atoms in total. The van der Waals surface area contributed by atoms with Crippen LogP contribution in [0.1, 0.15) is 5.56 Å². The fraction of sp³-hybridized carbons (Fsp3) is 0.0833. The first-order valence-corrected chi connectivity index (χ1v) is 5.44. The zero-order chi connectivity index (χ0) is 14.0. The maximum atomic E-state index is 11.3. The number of aliphatic imine (C=N–C) groups is 2. The maximum absolute atomic E-state index is 11.3. The molecule has 0 aliphatic rings. The van der Waals surface area contributed by atoms with Crippen LogP contribution in [0, 0.1) is 6.92 Å². The van der Waals surface area contributed by atoms with Crippen molar-refractivity contribution in [3.05, 3.63) is 40.2 Å². The van der Waals surface area contributed by atoms with E-state index in [1.54, 1.807) is 18.2 Å². The number of guanidine groups is 2. The fourth-order valence-corrected chi connectivity index (χ4v) is 1.67. The Labute approximate surface area is 108 Å². The molecule has 0 unspecified atom stereocenters. The third-order valence-electron chi connectivity index (χ3n) is 2.42. The highest BCUT2D eigenvalue weighted by atomic mass is 16.4. The summed E-state index contributed by atoms with van der Waals surface area (Å²) in [4.78, 5) is 18.9. The second kappa shape index (κ2) is 4.81. The van der Waals surface area contributed by atoms with E-state index in [9.17, 15) is 4.79 Å². The molecule has 0 aliphatic heterocycles. The van der Waals surface area contributed by atoms with Crippen LogP contribution >= 0.6 is 0 Å². The van der Waals surface area contributed by atoms with Gasteiger partial charge in [-0.3, -0.25) is 0 Å². The quantitative estimate of drug-likeness (QED) is 0.385. The maximum Gasteiger partial charge on any atom is 0.336 e. The molecular weight excluding hydrogens is 246 g/mol. The average molecular weight is 259 g/mol. The van der Waals surface area contributed by atoms with E-state index in [4.69, 9.17) is 21.6 Å². The fourth-order valence-electron chi connectivity index (χ4n) is 1.67. The SMILES string of the molecule is Cc1cc(=O)oc2cc(N=C(N)N=C(N)N)ccc12. The molecule has 0 bridgehead atoms. The van der Waals surface area contributed by atoms with E-state index in [-0.39, 0.29) is 11.9 Å². The number of fused-ring (bicyclic) bond motifs is 1. The monoisotopic (exact) mass is 259 g/mol. The van der Waals surface area contributed by atoms with Crippen molar-refractivity contribution in [3.63, 3.8) is 0 Å². The predicted octanol–water partition coefficient (Wildman–Crippen LogP) is 0.321. The first-order valence-electron chi connectivity index (χ1n) is 5.44. The molecule has 0 spiro atoms. The topological polar surface area (TPSA) is 133 Å². The molecule has 0 radical (unpaired) electrons. The van der Waals surface area contributed by atoms with Gasteiger partial charge >= 0.3 is 5.63 Å². The van der Waals surface area contributed by atoms with Crippen molar-refractivity contribution >= 4 is 28.6 Å². The van der Waals surface area contributed by atoms with Crippen LogP contribution in [0.15, 0.2) is 43.5 Å². The van der Waals surface area contributed by atoms with Crippen LogP contribution in [0.2, 0.25) is 0 Å². The van der Waals surface area contributed by atoms with Gasteiger partial charge in [0.25, 0.3) is 0 Å². The third kappa shape index (κ3) is 2.89. The standard InChI is InChI=1S/C12H13N5O2/c1-6-4-10(18)19-9-5-7(2-3-8(6)9)16-12(15)17-11(13)14/h2-5H,1H3,(H6,13,14,15,16,17). The van der Waals surface area contributed by atoms with Gasteiger partial charge in [0.2, 0.25) is 5.96 Å². The number of aryl methyl sites for hydroxylation is 1. The number of nitrogens with zero attached hydrogens (tertiary/aromatic N) is 2. The molecule has 1 aromatic carbocycles. The van der Waals surface area contributed by atoms with Crippen LogP contribution < -0.4 is 22.8 Å². The Hall–Kier alpha value is -2.83. The Morgan fingerprint density at radius 1 is 1.21 bits per heavy atom. The van der Waals surface area contributed by atoms with E-state index in [1.165, 1.54) is 6.07 Å². The molecule has 0 amide bonds. The minimum atomic E-state index is -0.414. The summed E-state index contributed by atoms with van der Waals surface area (Å²) in [5, 5.41) is 0.832. The molecule has 98 valence electrons. The van der Waals surface area contributed by atoms with Gasteiger partial charge in [-0.1, -0.05) is 0 Å². The molecule has 6 N–H and O–H groups in total. The Bertz CT molecular complexity index is 741. The van der Waals surface area contributed by atoms with Gasteiger partial charge in [-0.15, -0.1) is 0 Å². The summed E-state index contributed by atoms with van der Waals surface area (Å²) >= 11 is 0. The second-order valence-corrected chi connectivity index (χ2v) is 3.94. The molecule has 2 rings (SSSR count). The predicted molar refractivity (Wildman–Crippen MR) is 74.3 cm³/mol. The summed E-state index contributed by atoms with van der Waals surface area (Å²) in [5.74, 6) is -0.251. The highest BCUT2D eigenvalue weighted by molar-refractivity contribution is 5.94. The van der Waals surface area contributed by atoms with Gasteiger partial charge in [0, 0.05) is 17.5 Å². The molecule has 2 aromatic rings. The number of rotatable bonds is 1. The van der Waals surface area contributed by atoms with Gasteiger partial charge in [0.05, 0.1) is 5.69 Å². The second-order valence-electron chi connectivity index (χ2n) is 3.94. The summed E-state index contributed by atoms with van der Waals surface area (Å²) in [5.41, 5.74) is 17.2. The molecule has 0 fully saturated rings. The Balaban J connectivity index is 2.53. The molecule has 0 aliphatic carbocycles. The minimum Gasteiger partial charge on any atom is -0.423 e. The van der Waals surface area contributed by atoms with Gasteiger partial charge < -0.3 is 21.6 Å². The van der Waals surface area contributed by atoms with E-state index in [0.717, 1.165) is 10.9 Å². The Kier molecular flexibility index (Phi) is 3.19. The van der Waals surface area contributed by atoms with Gasteiger partial charge in [-0.2, -0.15) is 4.99 Å². The minimum absolute atomic E-state index is 0.0747. The molecule has 1 heterocycles. The van der Waals surface area contributed by atoms with E-state index in [0.29, 0.717) is 11.3 Å². The van der Waals surface area contributed by atoms with E-state index in [1.807, 2.05) is 6.92 Å². The molecule has 19 heavy (non-hydrogen) atoms. The lowest BCUT2D eigenvalue weighted by molar-refractivity contribution is 0.560. The number of benzene rings is 1. The van der Waals surface area contributed by atoms with E-state index in [2.05, 4.69) is 9.98 Å². The van der Waals surface area contributed by atoms with Crippen molar-refractivity contribution < 1.29 is 4.42 Å². The van der Waals surface area contributed by atoms with Gasteiger partial charge in [-0.25, -0.2) is 9.79 Å². The van der Waals surface area contributed by atoms with Crippen molar-refractivity contribution in [1.29, 1.82) is 0 Å². The molecular formula is C12H13N5O2. The van der Waals surface area contributed by atoms with Crippen LogP contribution in [-0.4, -0.2) is 11.9 Å². The highest BCUT2D eigenvalue weighted by Crippen LogP contribution is 2.22. The van der Waals surface area contributed by atoms with Gasteiger partial charge in [-0.05, 0) is 24.6 Å². The van der Waals surface area contributed by atoms with E-state index >= 15 is 0 Å². The third-order valence-corrected chi connectivity index (χ3v) is 2.42. The number of hydrogen-bond acceptors (Lipinski definition) is 3. The van der Waals surface area contributed by atoms with Gasteiger partial charge in [0.1, 0.15) is 5.58 Å². The Morgan fingerprint density at radius 2 is 1.95 bits per heavy atom. The number of nitrogens with two attached hydrogens (primary N) is 3. The molecule has 0 saturated carbocycles. The van der Waals surface area contributed by atoms with Crippen molar-refractivity contribution in [3.8, 4) is 0 Å². The van der Waals surface area contributed by atoms with Crippen molar-refractivity contribution in [2.75, 3.05) is 0 Å². The lowest BCUT2D eigenvalue weighted by atomic mass is 10.1. The molecule has 1 aromatic heterocycles. The first kappa shape index (κ1) is 12.6. The highest BCUT2D eigenvalue weighted by Gasteiger charge is 2.03. The average Bonchev–Trinajstić information content (AvgIpc) is 2.26. The van der Waals surface area contributed by atoms with E-state index < -0.39 is 5.63 Å². The summed E-state index contributed by atoms with van der Waals surface area (Å²) in [6, 6.07) is 6.54. The van der Waals surface area contributed by atoms with Crippen LogP contribution in [0.4, 0.5) is 5.69 Å². The largest absolute Gasteiger partial charge is 0.423 e. The summed E-state index contributed by atoms with van der Waals surface area (Å²) in [6.45, 7) is 1.83. The summed E-state index contributed by atoms with van der Waals surface area (Å²) in [6.07, 6.45) is 0. The van der Waals surface area contributed by atoms with Crippen molar-refractivity contribution in [2.24, 2.45) is 27.2 Å². The molecule has 0 atom stereocenters. The summed E-state index contributed by atoms with van der Waals surface area (Å²) < 4.78 is 5.09. The zero-order valence-corrected chi connectivity index (χ0v) is 10.3. The van der Waals surface area contributed by atoms with Crippen LogP contribution in [0.5, 0.6) is 0 Å². The van der Waals surface area contributed by atoms with Crippen LogP contribution in [-0.2, 0) is 0 Å². The normalized spacial score (nSPS) is 11.5. The number of hydrogen-bond donors (Lipinski definition) is 3.